The monoisotopic (exact) mass is 517 g/mol. The maximum atomic E-state index is 13.8. The van der Waals surface area contributed by atoms with E-state index in [2.05, 4.69) is 15.2 Å². The third-order valence-corrected chi connectivity index (χ3v) is 7.12. The number of hydrogen-bond acceptors (Lipinski definition) is 5. The van der Waals surface area contributed by atoms with Gasteiger partial charge in [0.25, 0.3) is 0 Å². The van der Waals surface area contributed by atoms with Crippen LogP contribution in [0.15, 0.2) is 30.5 Å². The molecule has 6 nitrogen and oxygen atoms in total. The number of benzene rings is 1. The summed E-state index contributed by atoms with van der Waals surface area (Å²) in [7, 11) is 1.98. The summed E-state index contributed by atoms with van der Waals surface area (Å²) in [6.45, 7) is 4.30. The van der Waals surface area contributed by atoms with Crippen molar-refractivity contribution in [3.63, 3.8) is 0 Å². The molecule has 0 radical (unpaired) electrons. The van der Waals surface area contributed by atoms with Gasteiger partial charge in [0, 0.05) is 62.6 Å². The van der Waals surface area contributed by atoms with Crippen LogP contribution in [-0.2, 0) is 11.0 Å². The number of likely N-dealkylation sites (N-methyl/N-ethyl adjacent to an activating group) is 1. The predicted molar refractivity (Wildman–Crippen MR) is 124 cm³/mol. The van der Waals surface area contributed by atoms with Crippen molar-refractivity contribution in [1.29, 1.82) is 0 Å². The van der Waals surface area contributed by atoms with Crippen LogP contribution in [0.2, 0.25) is 0 Å². The average Bonchev–Trinajstić information content (AvgIpc) is 2.82. The third-order valence-electron chi connectivity index (χ3n) is 7.12. The zero-order chi connectivity index (χ0) is 26.3. The van der Waals surface area contributed by atoms with E-state index < -0.39 is 42.5 Å². The number of halogens is 6. The Hall–Kier alpha value is -2.60. The smallest absolute Gasteiger partial charge is 0.368 e. The van der Waals surface area contributed by atoms with Crippen molar-refractivity contribution in [2.45, 2.75) is 37.8 Å². The fraction of sp³-hybridized carbons (Fsp3) is 0.583. The van der Waals surface area contributed by atoms with Gasteiger partial charge in [-0.1, -0.05) is 0 Å². The number of aromatic nitrogens is 1. The van der Waals surface area contributed by atoms with Gasteiger partial charge < -0.3 is 15.1 Å². The van der Waals surface area contributed by atoms with Crippen LogP contribution in [-0.4, -0.2) is 85.3 Å². The van der Waals surface area contributed by atoms with Gasteiger partial charge in [0.15, 0.2) is 0 Å². The first-order chi connectivity index (χ1) is 16.8. The Morgan fingerprint density at radius 3 is 2.39 bits per heavy atom. The fourth-order valence-corrected chi connectivity index (χ4v) is 5.00. The maximum absolute atomic E-state index is 13.8. The van der Waals surface area contributed by atoms with Crippen molar-refractivity contribution in [3.8, 4) is 0 Å². The minimum absolute atomic E-state index is 0.0448. The Morgan fingerprint density at radius 1 is 1.06 bits per heavy atom. The van der Waals surface area contributed by atoms with Crippen molar-refractivity contribution < 1.29 is 31.1 Å². The summed E-state index contributed by atoms with van der Waals surface area (Å²) >= 11 is 0. The zero-order valence-corrected chi connectivity index (χ0v) is 20.0. The van der Waals surface area contributed by atoms with E-state index in [0.717, 1.165) is 19.2 Å². The Morgan fingerprint density at radius 2 is 1.75 bits per heavy atom. The third kappa shape index (κ3) is 5.69. The number of carbonyl (C=O) groups excluding carboxylic acids is 1. The number of piperazine rings is 1. The minimum atomic E-state index is -4.66. The lowest BCUT2D eigenvalue weighted by molar-refractivity contribution is -0.178. The summed E-state index contributed by atoms with van der Waals surface area (Å²) in [4.78, 5) is 22.4. The normalized spacial score (nSPS) is 23.6. The molecule has 2 fully saturated rings. The molecule has 0 bridgehead atoms. The molecule has 1 aromatic carbocycles. The number of nitrogens with one attached hydrogen (secondary N) is 1. The van der Waals surface area contributed by atoms with E-state index in [1.807, 2.05) is 11.9 Å². The van der Waals surface area contributed by atoms with E-state index in [1.54, 1.807) is 6.92 Å². The quantitative estimate of drug-likeness (QED) is 0.627. The van der Waals surface area contributed by atoms with E-state index in [-0.39, 0.29) is 35.5 Å². The van der Waals surface area contributed by atoms with Crippen molar-refractivity contribution >= 4 is 22.5 Å². The molecule has 2 aliphatic rings. The molecule has 1 aromatic heterocycles. The molecule has 2 aliphatic heterocycles. The molecular weight excluding hydrogens is 488 g/mol. The maximum Gasteiger partial charge on any atom is 0.418 e. The molecule has 1 amide bonds. The zero-order valence-electron chi connectivity index (χ0n) is 20.0. The molecule has 36 heavy (non-hydrogen) atoms. The molecule has 2 saturated heterocycles. The van der Waals surface area contributed by atoms with Crippen LogP contribution in [0.5, 0.6) is 0 Å². The minimum Gasteiger partial charge on any atom is -0.368 e. The van der Waals surface area contributed by atoms with Crippen LogP contribution in [0.25, 0.3) is 10.9 Å². The van der Waals surface area contributed by atoms with Crippen LogP contribution in [0.1, 0.15) is 18.9 Å². The van der Waals surface area contributed by atoms with Gasteiger partial charge in [-0.2, -0.15) is 26.3 Å². The van der Waals surface area contributed by atoms with Crippen LogP contribution < -0.4 is 10.2 Å². The highest BCUT2D eigenvalue weighted by Crippen LogP contribution is 2.40. The lowest BCUT2D eigenvalue weighted by Gasteiger charge is -2.41. The molecule has 0 unspecified atom stereocenters. The Bertz CT molecular complexity index is 1080. The lowest BCUT2D eigenvalue weighted by Crippen LogP contribution is -2.58. The van der Waals surface area contributed by atoms with E-state index >= 15 is 0 Å². The molecule has 3 atom stereocenters. The van der Waals surface area contributed by atoms with Gasteiger partial charge >= 0.3 is 12.4 Å². The average molecular weight is 518 g/mol. The topological polar surface area (TPSA) is 51.7 Å². The van der Waals surface area contributed by atoms with Gasteiger partial charge in [-0.05, 0) is 44.7 Å². The van der Waals surface area contributed by atoms with Crippen LogP contribution >= 0.6 is 0 Å². The number of pyridine rings is 1. The number of amides is 1. The van der Waals surface area contributed by atoms with E-state index in [9.17, 15) is 31.1 Å². The van der Waals surface area contributed by atoms with Gasteiger partial charge in [0.2, 0.25) is 5.91 Å². The molecule has 2 aromatic rings. The fourth-order valence-electron chi connectivity index (χ4n) is 5.00. The standard InChI is InChI=1S/C24H29F6N5O/c1-15(34-10-8-33(2)9-11-34)22(36)32-17-12-16(23(25,26)27)13-35(14-17)20-6-5-19(24(28,29)30)21-18(20)4-3-7-31-21/h3-7,15-17H,8-14H2,1-2H3,(H,32,36)/t15-,16-,17+/m0/s1. The van der Waals surface area contributed by atoms with Gasteiger partial charge in [0.05, 0.1) is 23.0 Å². The SMILES string of the molecule is C[C@@H](C(=O)N[C@@H]1C[C@H](C(F)(F)F)CN(c2ccc(C(F)(F)F)c3ncccc23)C1)N1CCN(C)CC1. The molecule has 0 spiro atoms. The van der Waals surface area contributed by atoms with Crippen molar-refractivity contribution in [3.05, 3.63) is 36.0 Å². The summed E-state index contributed by atoms with van der Waals surface area (Å²) in [5, 5.41) is 2.90. The van der Waals surface area contributed by atoms with Gasteiger partial charge in [-0.15, -0.1) is 0 Å². The number of rotatable bonds is 4. The van der Waals surface area contributed by atoms with E-state index in [4.69, 9.17) is 0 Å². The van der Waals surface area contributed by atoms with Crippen LogP contribution in [0.4, 0.5) is 32.0 Å². The Kier molecular flexibility index (Phi) is 7.38. The van der Waals surface area contributed by atoms with Crippen LogP contribution in [0.3, 0.4) is 0 Å². The highest BCUT2D eigenvalue weighted by Gasteiger charge is 2.45. The Labute approximate surface area is 205 Å². The van der Waals surface area contributed by atoms with Gasteiger partial charge in [-0.3, -0.25) is 14.7 Å². The summed E-state index contributed by atoms with van der Waals surface area (Å²) in [6, 6.07) is 3.60. The number of piperidine rings is 1. The van der Waals surface area contributed by atoms with Crippen molar-refractivity contribution in [2.24, 2.45) is 5.92 Å². The number of hydrogen-bond donors (Lipinski definition) is 1. The molecule has 3 heterocycles. The first-order valence-corrected chi connectivity index (χ1v) is 11.8. The second-order valence-electron chi connectivity index (χ2n) is 9.63. The first kappa shape index (κ1) is 26.5. The summed E-state index contributed by atoms with van der Waals surface area (Å²) in [5.41, 5.74) is -1.04. The van der Waals surface area contributed by atoms with E-state index in [0.29, 0.717) is 13.1 Å². The molecule has 1 N–H and O–H groups in total. The van der Waals surface area contributed by atoms with E-state index in [1.165, 1.54) is 29.3 Å². The molecular formula is C24H29F6N5O. The summed E-state index contributed by atoms with van der Waals surface area (Å²) in [6.07, 6.45) is -8.25. The predicted octanol–water partition coefficient (Wildman–Crippen LogP) is 3.76. The summed E-state index contributed by atoms with van der Waals surface area (Å²) < 4.78 is 82.1. The second kappa shape index (κ2) is 10.0. The second-order valence-corrected chi connectivity index (χ2v) is 9.63. The van der Waals surface area contributed by atoms with Gasteiger partial charge in [0.1, 0.15) is 0 Å². The first-order valence-electron chi connectivity index (χ1n) is 11.8. The molecule has 198 valence electrons. The molecule has 4 rings (SSSR count). The summed E-state index contributed by atoms with van der Waals surface area (Å²) in [5.74, 6) is -2.10. The molecule has 0 aliphatic carbocycles. The van der Waals surface area contributed by atoms with Crippen molar-refractivity contribution in [1.82, 2.24) is 20.1 Å². The Balaban J connectivity index is 1.59. The largest absolute Gasteiger partial charge is 0.418 e. The number of alkyl halides is 6. The molecule has 0 saturated carbocycles. The number of nitrogens with zero attached hydrogens (tertiary/aromatic N) is 4. The highest BCUT2D eigenvalue weighted by atomic mass is 19.4. The van der Waals surface area contributed by atoms with Crippen LogP contribution in [0, 0.1) is 5.92 Å². The van der Waals surface area contributed by atoms with Gasteiger partial charge in [-0.25, -0.2) is 0 Å². The number of fused-ring (bicyclic) bond motifs is 1. The number of carbonyl (C=O) groups is 1. The lowest BCUT2D eigenvalue weighted by atomic mass is 9.92. The van der Waals surface area contributed by atoms with Crippen molar-refractivity contribution in [2.75, 3.05) is 51.2 Å². The number of anilines is 1. The molecule has 12 heteroatoms. The highest BCUT2D eigenvalue weighted by molar-refractivity contribution is 5.94.